The van der Waals surface area contributed by atoms with Crippen LogP contribution < -0.4 is 10.2 Å². The number of rotatable bonds is 6. The Kier molecular flexibility index (Phi) is 8.19. The number of morpholine rings is 1. The van der Waals surface area contributed by atoms with E-state index in [4.69, 9.17) is 25.8 Å². The highest BCUT2D eigenvalue weighted by atomic mass is 35.5. The molecular weight excluding hydrogens is 493 g/mol. The standard InChI is InChI=1S/C25H25ClFN3O6/c1-34-19-13-24(30(14-19)22(31)9-4-16-2-5-17(26)6-3-16)36-25(33)28-21-8-7-18(12-20(21)27)29-10-11-35-15-23(29)32/h2-9,12,19,24H,10-11,13-15H2,1H3,(H,28,33)/b9-4+/t19-,24-/m1/s1. The van der Waals surface area contributed by atoms with Gasteiger partial charge in [-0.15, -0.1) is 0 Å². The molecule has 2 atom stereocenters. The van der Waals surface area contributed by atoms with E-state index in [9.17, 15) is 18.8 Å². The lowest BCUT2D eigenvalue weighted by Gasteiger charge is -2.27. The van der Waals surface area contributed by atoms with Crippen LogP contribution in [-0.4, -0.2) is 68.6 Å². The molecule has 0 spiro atoms. The second kappa shape index (κ2) is 11.5. The Labute approximate surface area is 212 Å². The smallest absolute Gasteiger partial charge is 0.413 e. The number of benzene rings is 2. The molecule has 1 N–H and O–H groups in total. The van der Waals surface area contributed by atoms with Gasteiger partial charge in [0.15, 0.2) is 6.23 Å². The number of nitrogens with zero attached hydrogens (tertiary/aromatic N) is 2. The van der Waals surface area contributed by atoms with E-state index >= 15 is 0 Å². The van der Waals surface area contributed by atoms with Crippen LogP contribution in [0.5, 0.6) is 0 Å². The van der Waals surface area contributed by atoms with E-state index < -0.39 is 18.1 Å². The van der Waals surface area contributed by atoms with Crippen molar-refractivity contribution in [1.82, 2.24) is 4.90 Å². The molecule has 2 fully saturated rings. The van der Waals surface area contributed by atoms with Gasteiger partial charge in [0.1, 0.15) is 12.4 Å². The Bertz CT molecular complexity index is 1160. The van der Waals surface area contributed by atoms with Crippen molar-refractivity contribution in [3.8, 4) is 0 Å². The quantitative estimate of drug-likeness (QED) is 0.587. The summed E-state index contributed by atoms with van der Waals surface area (Å²) in [7, 11) is 1.51. The summed E-state index contributed by atoms with van der Waals surface area (Å²) >= 11 is 5.88. The highest BCUT2D eigenvalue weighted by molar-refractivity contribution is 6.30. The second-order valence-electron chi connectivity index (χ2n) is 8.22. The van der Waals surface area contributed by atoms with Gasteiger partial charge in [-0.1, -0.05) is 23.7 Å². The van der Waals surface area contributed by atoms with E-state index in [0.717, 1.165) is 11.6 Å². The SMILES string of the molecule is CO[C@@H]1C[C@@H](OC(=O)Nc2ccc(N3CCOCC3=O)cc2F)N(C(=O)/C=C/c2ccc(Cl)cc2)C1. The molecule has 36 heavy (non-hydrogen) atoms. The summed E-state index contributed by atoms with van der Waals surface area (Å²) in [6.07, 6.45) is 1.13. The molecule has 2 aliphatic rings. The molecule has 2 aliphatic heterocycles. The number of carbonyl (C=O) groups is 3. The van der Waals surface area contributed by atoms with Crippen molar-refractivity contribution in [1.29, 1.82) is 0 Å². The molecule has 11 heteroatoms. The lowest BCUT2D eigenvalue weighted by Crippen LogP contribution is -2.41. The molecule has 3 amide bonds. The summed E-state index contributed by atoms with van der Waals surface area (Å²) < 4.78 is 30.5. The van der Waals surface area contributed by atoms with Crippen molar-refractivity contribution in [3.05, 3.63) is 64.9 Å². The van der Waals surface area contributed by atoms with Crippen LogP contribution in [0.3, 0.4) is 0 Å². The Hall–Kier alpha value is -3.47. The first-order valence-corrected chi connectivity index (χ1v) is 11.6. The topological polar surface area (TPSA) is 97.4 Å². The van der Waals surface area contributed by atoms with Crippen LogP contribution in [0.15, 0.2) is 48.5 Å². The first-order chi connectivity index (χ1) is 17.3. The summed E-state index contributed by atoms with van der Waals surface area (Å²) in [6.45, 7) is 0.830. The number of carbonyl (C=O) groups excluding carboxylic acids is 3. The van der Waals surface area contributed by atoms with Crippen molar-refractivity contribution in [2.75, 3.05) is 43.6 Å². The van der Waals surface area contributed by atoms with Crippen LogP contribution in [-0.2, 0) is 23.8 Å². The first-order valence-electron chi connectivity index (χ1n) is 11.3. The zero-order chi connectivity index (χ0) is 25.7. The van der Waals surface area contributed by atoms with Crippen LogP contribution in [0.25, 0.3) is 6.08 Å². The maximum absolute atomic E-state index is 14.7. The number of likely N-dealkylation sites (tertiary alicyclic amines) is 1. The van der Waals surface area contributed by atoms with E-state index in [2.05, 4.69) is 5.32 Å². The fraction of sp³-hybridized carbons (Fsp3) is 0.320. The normalized spacial score (nSPS) is 20.1. The third kappa shape index (κ3) is 6.20. The maximum Gasteiger partial charge on any atom is 0.413 e. The highest BCUT2D eigenvalue weighted by Gasteiger charge is 2.37. The third-order valence-electron chi connectivity index (χ3n) is 5.85. The molecule has 0 aliphatic carbocycles. The molecule has 4 rings (SSSR count). The fourth-order valence-corrected chi connectivity index (χ4v) is 4.07. The Morgan fingerprint density at radius 3 is 2.69 bits per heavy atom. The first kappa shape index (κ1) is 25.6. The van der Waals surface area contributed by atoms with Crippen LogP contribution in [0, 0.1) is 5.82 Å². The van der Waals surface area contributed by atoms with Gasteiger partial charge in [-0.2, -0.15) is 0 Å². The largest absolute Gasteiger partial charge is 0.425 e. The minimum atomic E-state index is -0.926. The van der Waals surface area contributed by atoms with E-state index in [1.54, 1.807) is 30.3 Å². The van der Waals surface area contributed by atoms with Gasteiger partial charge in [0, 0.05) is 36.9 Å². The number of hydrogen-bond donors (Lipinski definition) is 1. The predicted octanol–water partition coefficient (Wildman–Crippen LogP) is 3.68. The maximum atomic E-state index is 14.7. The van der Waals surface area contributed by atoms with E-state index in [0.29, 0.717) is 23.9 Å². The Morgan fingerprint density at radius 1 is 1.22 bits per heavy atom. The van der Waals surface area contributed by atoms with Gasteiger partial charge in [0.25, 0.3) is 5.91 Å². The molecular formula is C25H25ClFN3O6. The Balaban J connectivity index is 1.39. The zero-order valence-electron chi connectivity index (χ0n) is 19.5. The predicted molar refractivity (Wildman–Crippen MR) is 131 cm³/mol. The third-order valence-corrected chi connectivity index (χ3v) is 6.10. The number of nitrogens with one attached hydrogen (secondary N) is 1. The minimum Gasteiger partial charge on any atom is -0.425 e. The molecule has 2 aromatic rings. The lowest BCUT2D eigenvalue weighted by molar-refractivity contribution is -0.132. The number of hydrogen-bond acceptors (Lipinski definition) is 6. The molecule has 190 valence electrons. The summed E-state index contributed by atoms with van der Waals surface area (Å²) in [5, 5.41) is 2.94. The van der Waals surface area contributed by atoms with Gasteiger partial charge in [-0.3, -0.25) is 14.9 Å². The van der Waals surface area contributed by atoms with Crippen molar-refractivity contribution in [2.45, 2.75) is 18.8 Å². The minimum absolute atomic E-state index is 0.0675. The van der Waals surface area contributed by atoms with Crippen molar-refractivity contribution in [2.24, 2.45) is 0 Å². The van der Waals surface area contributed by atoms with Gasteiger partial charge >= 0.3 is 6.09 Å². The van der Waals surface area contributed by atoms with Crippen molar-refractivity contribution >= 4 is 47.0 Å². The molecule has 2 heterocycles. The summed E-state index contributed by atoms with van der Waals surface area (Å²) in [6, 6.07) is 11.0. The molecule has 0 unspecified atom stereocenters. The van der Waals surface area contributed by atoms with Crippen LogP contribution in [0.2, 0.25) is 5.02 Å². The molecule has 0 aromatic heterocycles. The fourth-order valence-electron chi connectivity index (χ4n) is 3.94. The number of methoxy groups -OCH3 is 1. The number of anilines is 2. The summed E-state index contributed by atoms with van der Waals surface area (Å²) in [5.41, 5.74) is 1.03. The van der Waals surface area contributed by atoms with Crippen molar-refractivity contribution in [3.63, 3.8) is 0 Å². The van der Waals surface area contributed by atoms with Crippen LogP contribution in [0.1, 0.15) is 12.0 Å². The van der Waals surface area contributed by atoms with Gasteiger partial charge in [-0.05, 0) is 42.0 Å². The van der Waals surface area contributed by atoms with Gasteiger partial charge in [0.05, 0.1) is 24.9 Å². The average molecular weight is 518 g/mol. The molecule has 0 saturated carbocycles. The van der Waals surface area contributed by atoms with Crippen LogP contribution in [0.4, 0.5) is 20.6 Å². The summed E-state index contributed by atoms with van der Waals surface area (Å²) in [5.74, 6) is -1.37. The highest BCUT2D eigenvalue weighted by Crippen LogP contribution is 2.25. The van der Waals surface area contributed by atoms with E-state index in [-0.39, 0.29) is 43.2 Å². The van der Waals surface area contributed by atoms with Gasteiger partial charge in [0.2, 0.25) is 5.91 Å². The second-order valence-corrected chi connectivity index (χ2v) is 8.65. The monoisotopic (exact) mass is 517 g/mol. The molecule has 9 nitrogen and oxygen atoms in total. The molecule has 0 bridgehead atoms. The Morgan fingerprint density at radius 2 is 2.00 bits per heavy atom. The van der Waals surface area contributed by atoms with Crippen molar-refractivity contribution < 1.29 is 33.0 Å². The van der Waals surface area contributed by atoms with Crippen LogP contribution >= 0.6 is 11.6 Å². The van der Waals surface area contributed by atoms with E-state index in [1.807, 2.05) is 0 Å². The van der Waals surface area contributed by atoms with E-state index in [1.165, 1.54) is 35.1 Å². The molecule has 2 aromatic carbocycles. The van der Waals surface area contributed by atoms with Gasteiger partial charge < -0.3 is 24.0 Å². The molecule has 2 saturated heterocycles. The van der Waals surface area contributed by atoms with Gasteiger partial charge in [-0.25, -0.2) is 9.18 Å². The number of ether oxygens (including phenoxy) is 3. The zero-order valence-corrected chi connectivity index (χ0v) is 20.2. The summed E-state index contributed by atoms with van der Waals surface area (Å²) in [4.78, 5) is 40.1. The average Bonchev–Trinajstić information content (AvgIpc) is 3.28. The number of amides is 3. The number of halogens is 2. The lowest BCUT2D eigenvalue weighted by atomic mass is 10.2. The molecule has 0 radical (unpaired) electrons.